The van der Waals surface area contributed by atoms with E-state index >= 15 is 0 Å². The SMILES string of the molecule is CC(=O)N[C@H]1[C@H](O[C@H]2[C@@H](O)[C@@H](CO)O[C@@H](O[C@@H]([C@H](O)[C@@H](O)CNc3ccccn3)[C@H](O)CO)[C@@H]2O)O[C@H](CO)[C@@H](O)[C@@H]1O[C@@H]1O[C@H](CO)[C@H](O)[C@H](O)[C@H]1O. The largest absolute Gasteiger partial charge is 0.394 e. The highest BCUT2D eigenvalue weighted by Crippen LogP contribution is 2.33. The Morgan fingerprint density at radius 3 is 1.89 bits per heavy atom. The Morgan fingerprint density at radius 1 is 0.741 bits per heavy atom. The van der Waals surface area contributed by atoms with E-state index in [0.717, 1.165) is 6.92 Å². The van der Waals surface area contributed by atoms with Crippen LogP contribution in [0.25, 0.3) is 0 Å². The van der Waals surface area contributed by atoms with Crippen LogP contribution in [0.4, 0.5) is 5.82 Å². The average Bonchev–Trinajstić information content (AvgIpc) is 3.16. The molecule has 23 heteroatoms. The van der Waals surface area contributed by atoms with Crippen LogP contribution in [0.5, 0.6) is 0 Å². The first-order chi connectivity index (χ1) is 25.7. The quantitative estimate of drug-likeness (QED) is 0.0697. The van der Waals surface area contributed by atoms with E-state index in [4.69, 9.17) is 28.4 Å². The first-order valence-electron chi connectivity index (χ1n) is 17.1. The van der Waals surface area contributed by atoms with Gasteiger partial charge in [0.2, 0.25) is 5.91 Å². The Hall–Kier alpha value is -2.34. The van der Waals surface area contributed by atoms with Crippen molar-refractivity contribution in [2.75, 3.05) is 38.3 Å². The van der Waals surface area contributed by atoms with Crippen molar-refractivity contribution in [3.63, 3.8) is 0 Å². The van der Waals surface area contributed by atoms with Gasteiger partial charge in [-0.25, -0.2) is 4.98 Å². The van der Waals surface area contributed by atoms with Crippen LogP contribution < -0.4 is 10.6 Å². The lowest BCUT2D eigenvalue weighted by molar-refractivity contribution is -0.371. The monoisotopic (exact) mass is 785 g/mol. The summed E-state index contributed by atoms with van der Waals surface area (Å²) in [6.45, 7) is -2.96. The van der Waals surface area contributed by atoms with Gasteiger partial charge in [0.25, 0.3) is 0 Å². The molecule has 310 valence electrons. The van der Waals surface area contributed by atoms with Gasteiger partial charge in [0, 0.05) is 19.7 Å². The zero-order chi connectivity index (χ0) is 39.9. The van der Waals surface area contributed by atoms with Crippen LogP contribution in [0, 0.1) is 0 Å². The van der Waals surface area contributed by atoms with Crippen LogP contribution in [0.15, 0.2) is 24.4 Å². The molecule has 0 aliphatic carbocycles. The van der Waals surface area contributed by atoms with E-state index in [2.05, 4.69) is 15.6 Å². The lowest BCUT2D eigenvalue weighted by atomic mass is 9.94. The summed E-state index contributed by atoms with van der Waals surface area (Å²) < 4.78 is 33.9. The molecule has 0 aromatic carbocycles. The highest BCUT2D eigenvalue weighted by Gasteiger charge is 2.55. The number of aliphatic hydroxyl groups excluding tert-OH is 13. The van der Waals surface area contributed by atoms with Gasteiger partial charge >= 0.3 is 0 Å². The van der Waals surface area contributed by atoms with E-state index in [1.165, 1.54) is 6.20 Å². The van der Waals surface area contributed by atoms with Gasteiger partial charge in [-0.15, -0.1) is 0 Å². The number of ether oxygens (including phenoxy) is 6. The Labute approximate surface area is 307 Å². The zero-order valence-electron chi connectivity index (χ0n) is 28.9. The molecule has 4 rings (SSSR count). The molecular weight excluding hydrogens is 734 g/mol. The number of aromatic nitrogens is 1. The van der Waals surface area contributed by atoms with Gasteiger partial charge in [-0.3, -0.25) is 4.79 Å². The van der Waals surface area contributed by atoms with Gasteiger partial charge in [-0.1, -0.05) is 6.07 Å². The smallest absolute Gasteiger partial charge is 0.217 e. The predicted molar refractivity (Wildman–Crippen MR) is 173 cm³/mol. The fraction of sp³-hybridized carbons (Fsp3) is 0.806. The number of rotatable bonds is 17. The summed E-state index contributed by atoms with van der Waals surface area (Å²) in [6, 6.07) is 3.24. The molecule has 0 bridgehead atoms. The normalized spacial score (nSPS) is 39.6. The zero-order valence-corrected chi connectivity index (χ0v) is 28.9. The molecule has 23 nitrogen and oxygen atoms in total. The highest BCUT2D eigenvalue weighted by atomic mass is 16.7. The van der Waals surface area contributed by atoms with Gasteiger partial charge < -0.3 is 105 Å². The summed E-state index contributed by atoms with van der Waals surface area (Å²) in [4.78, 5) is 16.4. The molecule has 0 saturated carbocycles. The van der Waals surface area contributed by atoms with Crippen LogP contribution in [0.3, 0.4) is 0 Å². The molecule has 3 aliphatic rings. The second kappa shape index (κ2) is 20.2. The average molecular weight is 786 g/mol. The number of anilines is 1. The van der Waals surface area contributed by atoms with Crippen LogP contribution in [0.2, 0.25) is 0 Å². The topological polar surface area (TPSA) is 372 Å². The summed E-state index contributed by atoms with van der Waals surface area (Å²) in [6.07, 6.45) is -31.4. The first-order valence-corrected chi connectivity index (χ1v) is 17.1. The van der Waals surface area contributed by atoms with Crippen LogP contribution in [0.1, 0.15) is 6.92 Å². The number of hydrogen-bond donors (Lipinski definition) is 15. The van der Waals surface area contributed by atoms with E-state index in [1.807, 2.05) is 0 Å². The lowest BCUT2D eigenvalue weighted by Gasteiger charge is -2.49. The summed E-state index contributed by atoms with van der Waals surface area (Å²) in [5.41, 5.74) is 0. The van der Waals surface area contributed by atoms with Gasteiger partial charge in [-0.2, -0.15) is 0 Å². The third-order valence-corrected chi connectivity index (χ3v) is 9.22. The fourth-order valence-corrected chi connectivity index (χ4v) is 6.22. The molecule has 4 heterocycles. The van der Waals surface area contributed by atoms with Crippen molar-refractivity contribution >= 4 is 11.7 Å². The molecule has 19 atom stereocenters. The molecule has 54 heavy (non-hydrogen) atoms. The molecule has 15 N–H and O–H groups in total. The minimum atomic E-state index is -2.10. The Kier molecular flexibility index (Phi) is 16.6. The molecule has 3 fully saturated rings. The number of nitrogens with zero attached hydrogens (tertiary/aromatic N) is 1. The van der Waals surface area contributed by atoms with E-state index in [0.29, 0.717) is 5.82 Å². The molecule has 1 aromatic rings. The van der Waals surface area contributed by atoms with Crippen molar-refractivity contribution in [1.82, 2.24) is 10.3 Å². The van der Waals surface area contributed by atoms with Gasteiger partial charge in [0.05, 0.1) is 32.5 Å². The summed E-state index contributed by atoms with van der Waals surface area (Å²) in [5, 5.41) is 141. The van der Waals surface area contributed by atoms with Crippen molar-refractivity contribution in [2.24, 2.45) is 0 Å². The Balaban J connectivity index is 1.58. The van der Waals surface area contributed by atoms with Crippen molar-refractivity contribution in [3.05, 3.63) is 24.4 Å². The molecule has 0 spiro atoms. The second-order valence-electron chi connectivity index (χ2n) is 13.1. The maximum Gasteiger partial charge on any atom is 0.217 e. The fourth-order valence-electron chi connectivity index (χ4n) is 6.22. The van der Waals surface area contributed by atoms with E-state index < -0.39 is 149 Å². The van der Waals surface area contributed by atoms with Crippen molar-refractivity contribution in [2.45, 2.75) is 123 Å². The molecular formula is C31H51N3O20. The van der Waals surface area contributed by atoms with Gasteiger partial charge in [-0.05, 0) is 12.1 Å². The maximum atomic E-state index is 12.4. The lowest BCUT2D eigenvalue weighted by Crippen LogP contribution is -2.70. The van der Waals surface area contributed by atoms with Crippen LogP contribution in [-0.2, 0) is 33.2 Å². The van der Waals surface area contributed by atoms with Crippen LogP contribution in [-0.4, -0.2) is 227 Å². The summed E-state index contributed by atoms with van der Waals surface area (Å²) >= 11 is 0. The molecule has 0 unspecified atom stereocenters. The minimum absolute atomic E-state index is 0.328. The highest BCUT2D eigenvalue weighted by molar-refractivity contribution is 5.73. The standard InChI is InChI=1S/C31H51N3O20/c1-11(39)34-18-27(53-30-24(47)23(46)20(43)14(8-36)50-30)21(44)15(9-37)49-29(18)54-28-22(45)16(10-38)51-31(25(28)48)52-26(13(41)7-35)19(42)12(40)6-33-17-4-2-3-5-32-17/h2-5,12-16,18-31,35-38,40-48H,6-10H2,1H3,(H,32,33)(H,34,39)/t12-,13+,14+,15+,16+,18+,19+,20-,21+,22-,23-,24+,25+,26+,27+,28-,29-,30-,31-/m0/s1. The van der Waals surface area contributed by atoms with Gasteiger partial charge in [0.1, 0.15) is 97.3 Å². The third-order valence-electron chi connectivity index (χ3n) is 9.22. The maximum absolute atomic E-state index is 12.4. The predicted octanol–water partition coefficient (Wildman–Crippen LogP) is -8.45. The molecule has 3 saturated heterocycles. The summed E-state index contributed by atoms with van der Waals surface area (Å²) in [5.74, 6) is -0.448. The minimum Gasteiger partial charge on any atom is -0.394 e. The van der Waals surface area contributed by atoms with E-state index in [9.17, 15) is 71.2 Å². The number of aliphatic hydroxyl groups is 13. The number of amides is 1. The first kappa shape index (κ1) is 44.4. The van der Waals surface area contributed by atoms with E-state index in [1.54, 1.807) is 18.2 Å². The Bertz CT molecular complexity index is 1280. The number of pyridine rings is 1. The number of nitrogens with one attached hydrogen (secondary N) is 2. The number of hydrogen-bond acceptors (Lipinski definition) is 22. The molecule has 3 aliphatic heterocycles. The Morgan fingerprint density at radius 2 is 1.31 bits per heavy atom. The third kappa shape index (κ3) is 10.3. The molecule has 1 amide bonds. The van der Waals surface area contributed by atoms with E-state index in [-0.39, 0.29) is 6.54 Å². The molecule has 0 radical (unpaired) electrons. The van der Waals surface area contributed by atoms with Crippen molar-refractivity contribution in [3.8, 4) is 0 Å². The number of carbonyl (C=O) groups is 1. The van der Waals surface area contributed by atoms with Crippen molar-refractivity contribution < 1.29 is 99.6 Å². The van der Waals surface area contributed by atoms with Crippen molar-refractivity contribution in [1.29, 1.82) is 0 Å². The van der Waals surface area contributed by atoms with Crippen LogP contribution >= 0.6 is 0 Å². The molecule has 1 aromatic heterocycles. The summed E-state index contributed by atoms with van der Waals surface area (Å²) in [7, 11) is 0. The van der Waals surface area contributed by atoms with Gasteiger partial charge in [0.15, 0.2) is 18.9 Å². The number of carbonyl (C=O) groups excluding carboxylic acids is 1. The second-order valence-corrected chi connectivity index (χ2v) is 13.1.